The van der Waals surface area contributed by atoms with Gasteiger partial charge in [-0.1, -0.05) is 49.7 Å². The Labute approximate surface area is 118 Å². The molecule has 0 aliphatic carbocycles. The number of hydrogen-bond acceptors (Lipinski definition) is 4. The van der Waals surface area contributed by atoms with Crippen molar-refractivity contribution in [1.29, 1.82) is 0 Å². The van der Waals surface area contributed by atoms with Crippen LogP contribution in [0.5, 0.6) is 0 Å². The number of nitrogens with zero attached hydrogens (tertiary/aromatic N) is 2. The minimum Gasteiger partial charge on any atom is -0.339 e. The summed E-state index contributed by atoms with van der Waals surface area (Å²) < 4.78 is 5.24. The van der Waals surface area contributed by atoms with Crippen LogP contribution < -0.4 is 5.73 Å². The van der Waals surface area contributed by atoms with Gasteiger partial charge in [-0.25, -0.2) is 0 Å². The predicted octanol–water partition coefficient (Wildman–Crippen LogP) is 3.36. The zero-order valence-electron chi connectivity index (χ0n) is 11.4. The van der Waals surface area contributed by atoms with E-state index in [9.17, 15) is 0 Å². The number of aromatic nitrogens is 2. The normalized spacial score (nSPS) is 13.5. The van der Waals surface area contributed by atoms with Crippen molar-refractivity contribution in [2.45, 2.75) is 33.2 Å². The molecule has 0 bridgehead atoms. The highest BCUT2D eigenvalue weighted by atomic mass is 35.5. The molecule has 0 radical (unpaired) electrons. The Balaban J connectivity index is 2.11. The predicted molar refractivity (Wildman–Crippen MR) is 74.9 cm³/mol. The van der Waals surface area contributed by atoms with Crippen LogP contribution in [-0.2, 0) is 6.42 Å². The Morgan fingerprint density at radius 2 is 1.89 bits per heavy atom. The first-order valence-corrected chi connectivity index (χ1v) is 6.56. The third-order valence-electron chi connectivity index (χ3n) is 2.96. The minimum absolute atomic E-state index is 0.0958. The van der Waals surface area contributed by atoms with Crippen LogP contribution in [0.2, 0.25) is 5.02 Å². The summed E-state index contributed by atoms with van der Waals surface area (Å²) in [5, 5.41) is 4.67. The van der Waals surface area contributed by atoms with E-state index in [1.54, 1.807) is 0 Å². The topological polar surface area (TPSA) is 64.9 Å². The van der Waals surface area contributed by atoms with Crippen molar-refractivity contribution in [2.75, 3.05) is 0 Å². The van der Waals surface area contributed by atoms with Gasteiger partial charge in [0.25, 0.3) is 0 Å². The van der Waals surface area contributed by atoms with E-state index in [0.29, 0.717) is 23.2 Å². The summed E-state index contributed by atoms with van der Waals surface area (Å²) in [7, 11) is 0. The van der Waals surface area contributed by atoms with Crippen molar-refractivity contribution in [3.63, 3.8) is 0 Å². The van der Waals surface area contributed by atoms with E-state index < -0.39 is 0 Å². The van der Waals surface area contributed by atoms with Gasteiger partial charge in [0.05, 0.1) is 12.5 Å². The van der Waals surface area contributed by atoms with E-state index in [4.69, 9.17) is 21.9 Å². The highest BCUT2D eigenvalue weighted by molar-refractivity contribution is 6.30. The van der Waals surface area contributed by atoms with E-state index in [1.165, 1.54) is 0 Å². The lowest BCUT2D eigenvalue weighted by Gasteiger charge is -2.23. The van der Waals surface area contributed by atoms with Crippen LogP contribution in [0, 0.1) is 5.41 Å². The lowest BCUT2D eigenvalue weighted by atomic mass is 9.87. The van der Waals surface area contributed by atoms with Gasteiger partial charge in [-0.2, -0.15) is 4.98 Å². The van der Waals surface area contributed by atoms with Crippen molar-refractivity contribution in [3.8, 4) is 0 Å². The van der Waals surface area contributed by atoms with E-state index in [0.717, 1.165) is 5.56 Å². The third kappa shape index (κ3) is 3.55. The second kappa shape index (κ2) is 5.31. The molecule has 1 aromatic carbocycles. The summed E-state index contributed by atoms with van der Waals surface area (Å²) in [6.07, 6.45) is 0.584. The number of hydrogen-bond donors (Lipinski definition) is 1. The van der Waals surface area contributed by atoms with Crippen LogP contribution in [0.15, 0.2) is 28.8 Å². The van der Waals surface area contributed by atoms with E-state index in [2.05, 4.69) is 10.1 Å². The Bertz CT molecular complexity index is 543. The van der Waals surface area contributed by atoms with Crippen molar-refractivity contribution in [2.24, 2.45) is 11.1 Å². The summed E-state index contributed by atoms with van der Waals surface area (Å²) in [4.78, 5) is 4.36. The molecule has 4 nitrogen and oxygen atoms in total. The molecule has 0 aliphatic rings. The van der Waals surface area contributed by atoms with Gasteiger partial charge in [0, 0.05) is 5.02 Å². The van der Waals surface area contributed by atoms with Gasteiger partial charge in [0.1, 0.15) is 0 Å². The molecule has 1 unspecified atom stereocenters. The average molecular weight is 280 g/mol. The van der Waals surface area contributed by atoms with Gasteiger partial charge in [0.2, 0.25) is 5.89 Å². The molecule has 5 heteroatoms. The van der Waals surface area contributed by atoms with Crippen LogP contribution in [-0.4, -0.2) is 10.1 Å². The standard InChI is InChI=1S/C14H18ClN3O/c1-14(2,3)12(16)13-17-11(19-18-13)8-9-4-6-10(15)7-5-9/h4-7,12H,8,16H2,1-3H3. The fourth-order valence-electron chi connectivity index (χ4n) is 1.63. The Morgan fingerprint density at radius 3 is 2.47 bits per heavy atom. The number of halogens is 1. The average Bonchev–Trinajstić information content (AvgIpc) is 2.78. The highest BCUT2D eigenvalue weighted by Gasteiger charge is 2.26. The molecule has 1 aromatic heterocycles. The smallest absolute Gasteiger partial charge is 0.231 e. The molecule has 2 aromatic rings. The maximum absolute atomic E-state index is 6.10. The molecule has 1 heterocycles. The van der Waals surface area contributed by atoms with Crippen molar-refractivity contribution in [1.82, 2.24) is 10.1 Å². The van der Waals surface area contributed by atoms with Crippen LogP contribution in [0.25, 0.3) is 0 Å². The first kappa shape index (κ1) is 14.0. The molecule has 19 heavy (non-hydrogen) atoms. The monoisotopic (exact) mass is 279 g/mol. The van der Waals surface area contributed by atoms with Crippen molar-refractivity contribution < 1.29 is 4.52 Å². The number of benzene rings is 1. The Kier molecular flexibility index (Phi) is 3.92. The second-order valence-corrected chi connectivity index (χ2v) is 6.13. The number of nitrogens with two attached hydrogens (primary N) is 1. The van der Waals surface area contributed by atoms with Crippen LogP contribution in [0.3, 0.4) is 0 Å². The van der Waals surface area contributed by atoms with Crippen molar-refractivity contribution >= 4 is 11.6 Å². The molecular weight excluding hydrogens is 262 g/mol. The van der Waals surface area contributed by atoms with Gasteiger partial charge in [0.15, 0.2) is 5.82 Å². The largest absolute Gasteiger partial charge is 0.339 e. The molecule has 0 saturated heterocycles. The fraction of sp³-hybridized carbons (Fsp3) is 0.429. The van der Waals surface area contributed by atoms with E-state index in [-0.39, 0.29) is 11.5 Å². The maximum Gasteiger partial charge on any atom is 0.231 e. The lowest BCUT2D eigenvalue weighted by molar-refractivity contribution is 0.301. The zero-order valence-corrected chi connectivity index (χ0v) is 12.1. The highest BCUT2D eigenvalue weighted by Crippen LogP contribution is 2.28. The Hall–Kier alpha value is -1.39. The second-order valence-electron chi connectivity index (χ2n) is 5.69. The lowest BCUT2D eigenvalue weighted by Crippen LogP contribution is -2.27. The third-order valence-corrected chi connectivity index (χ3v) is 3.22. The van der Waals surface area contributed by atoms with Gasteiger partial charge in [-0.3, -0.25) is 0 Å². The molecule has 2 N–H and O–H groups in total. The molecule has 1 atom stereocenters. The molecule has 0 spiro atoms. The molecule has 0 amide bonds. The molecule has 0 fully saturated rings. The maximum atomic E-state index is 6.10. The summed E-state index contributed by atoms with van der Waals surface area (Å²) in [5.74, 6) is 1.12. The molecule has 0 aliphatic heterocycles. The SMILES string of the molecule is CC(C)(C)C(N)c1noc(Cc2ccc(Cl)cc2)n1. The van der Waals surface area contributed by atoms with E-state index >= 15 is 0 Å². The molecule has 0 saturated carbocycles. The first-order valence-electron chi connectivity index (χ1n) is 6.19. The fourth-order valence-corrected chi connectivity index (χ4v) is 1.76. The first-order chi connectivity index (χ1) is 8.86. The summed E-state index contributed by atoms with van der Waals surface area (Å²) in [5.41, 5.74) is 7.07. The van der Waals surface area contributed by atoms with Gasteiger partial charge < -0.3 is 10.3 Å². The molecule has 2 rings (SSSR count). The van der Waals surface area contributed by atoms with E-state index in [1.807, 2.05) is 45.0 Å². The summed E-state index contributed by atoms with van der Waals surface area (Å²) in [6, 6.07) is 7.32. The summed E-state index contributed by atoms with van der Waals surface area (Å²) >= 11 is 5.84. The Morgan fingerprint density at radius 1 is 1.26 bits per heavy atom. The minimum atomic E-state index is -0.241. The zero-order chi connectivity index (χ0) is 14.0. The van der Waals surface area contributed by atoms with Gasteiger partial charge in [-0.15, -0.1) is 0 Å². The molecule has 102 valence electrons. The van der Waals surface area contributed by atoms with Crippen LogP contribution in [0.4, 0.5) is 0 Å². The quantitative estimate of drug-likeness (QED) is 0.936. The van der Waals surface area contributed by atoms with Gasteiger partial charge in [-0.05, 0) is 23.1 Å². The molecular formula is C14H18ClN3O. The van der Waals surface area contributed by atoms with Crippen molar-refractivity contribution in [3.05, 3.63) is 46.6 Å². The number of rotatable bonds is 3. The van der Waals surface area contributed by atoms with Gasteiger partial charge >= 0.3 is 0 Å². The van der Waals surface area contributed by atoms with Crippen LogP contribution >= 0.6 is 11.6 Å². The summed E-state index contributed by atoms with van der Waals surface area (Å²) in [6.45, 7) is 6.15. The van der Waals surface area contributed by atoms with Crippen LogP contribution in [0.1, 0.15) is 44.1 Å².